The van der Waals surface area contributed by atoms with Crippen LogP contribution in [0.2, 0.25) is 10.0 Å². The summed E-state index contributed by atoms with van der Waals surface area (Å²) in [7, 11) is 0. The smallest absolute Gasteiger partial charge is 0.227 e. The number of hydrogen-bond donors (Lipinski definition) is 0. The van der Waals surface area contributed by atoms with Gasteiger partial charge in [-0.2, -0.15) is 0 Å². The van der Waals surface area contributed by atoms with E-state index in [1.165, 1.54) is 0 Å². The highest BCUT2D eigenvalue weighted by Gasteiger charge is 2.09. The number of halogens is 2. The van der Waals surface area contributed by atoms with Gasteiger partial charge in [-0.15, -0.1) is 0 Å². The summed E-state index contributed by atoms with van der Waals surface area (Å²) in [5.41, 5.74) is 5.21. The van der Waals surface area contributed by atoms with Crippen LogP contribution < -0.4 is 0 Å². The van der Waals surface area contributed by atoms with Gasteiger partial charge in [-0.3, -0.25) is 4.99 Å². The molecular weight excluding hydrogens is 431 g/mol. The highest BCUT2D eigenvalue weighted by molar-refractivity contribution is 6.42. The molecule has 0 atom stereocenters. The number of rotatable bonds is 4. The third-order valence-corrected chi connectivity index (χ3v) is 5.55. The maximum absolute atomic E-state index is 6.10. The van der Waals surface area contributed by atoms with Crippen molar-refractivity contribution in [1.29, 1.82) is 0 Å². The molecule has 0 radical (unpaired) electrons. The average Bonchev–Trinajstić information content (AvgIpc) is 3.41. The monoisotopic (exact) mass is 446 g/mol. The maximum atomic E-state index is 6.10. The van der Waals surface area contributed by atoms with Gasteiger partial charge in [0.05, 0.1) is 21.9 Å². The second kappa shape index (κ2) is 8.06. The summed E-state index contributed by atoms with van der Waals surface area (Å²) in [6.07, 6.45) is 1.68. The minimum absolute atomic E-state index is 0.483. The van der Waals surface area contributed by atoms with Crippen molar-refractivity contribution in [2.75, 3.05) is 0 Å². The van der Waals surface area contributed by atoms with Crippen LogP contribution in [-0.4, -0.2) is 11.2 Å². The molecule has 0 N–H and O–H groups in total. The zero-order valence-corrected chi connectivity index (χ0v) is 18.0. The number of aliphatic imine (C=N–C) groups is 1. The molecule has 5 rings (SSSR count). The topological polar surface area (TPSA) is 51.5 Å². The standard InChI is InChI=1S/C25H16Cl2N2O2/c1-15-5-9-22-24(11-15)31-25(29-22)17-3-2-4-18(12-17)28-14-19-7-10-23(30-19)16-6-8-20(26)21(27)13-16/h2-14H,1H3. The Balaban J connectivity index is 1.39. The molecule has 0 fully saturated rings. The fourth-order valence-corrected chi connectivity index (χ4v) is 3.54. The summed E-state index contributed by atoms with van der Waals surface area (Å²) in [6.45, 7) is 2.03. The van der Waals surface area contributed by atoms with Gasteiger partial charge in [-0.1, -0.05) is 35.3 Å². The van der Waals surface area contributed by atoms with Crippen LogP contribution >= 0.6 is 23.2 Å². The van der Waals surface area contributed by atoms with Gasteiger partial charge >= 0.3 is 0 Å². The summed E-state index contributed by atoms with van der Waals surface area (Å²) in [5.74, 6) is 1.89. The number of fused-ring (bicyclic) bond motifs is 1. The first kappa shape index (κ1) is 19.6. The van der Waals surface area contributed by atoms with Crippen LogP contribution in [0.4, 0.5) is 5.69 Å². The quantitative estimate of drug-likeness (QED) is 0.262. The van der Waals surface area contributed by atoms with E-state index in [1.54, 1.807) is 18.3 Å². The van der Waals surface area contributed by atoms with Crippen molar-refractivity contribution in [3.63, 3.8) is 0 Å². The Hall–Kier alpha value is -3.34. The van der Waals surface area contributed by atoms with Crippen LogP contribution in [-0.2, 0) is 0 Å². The van der Waals surface area contributed by atoms with Crippen LogP contribution in [0.25, 0.3) is 33.9 Å². The molecule has 0 saturated carbocycles. The Morgan fingerprint density at radius 1 is 0.839 bits per heavy atom. The molecule has 0 saturated heterocycles. The molecule has 152 valence electrons. The summed E-state index contributed by atoms with van der Waals surface area (Å²) < 4.78 is 11.8. The van der Waals surface area contributed by atoms with Crippen LogP contribution in [0.1, 0.15) is 11.3 Å². The van der Waals surface area contributed by atoms with Crippen molar-refractivity contribution in [2.24, 2.45) is 4.99 Å². The first-order valence-electron chi connectivity index (χ1n) is 9.62. The second-order valence-corrected chi connectivity index (χ2v) is 7.94. The van der Waals surface area contributed by atoms with Gasteiger partial charge in [0.15, 0.2) is 5.58 Å². The summed E-state index contributed by atoms with van der Waals surface area (Å²) >= 11 is 12.1. The Morgan fingerprint density at radius 2 is 1.74 bits per heavy atom. The van der Waals surface area contributed by atoms with Crippen molar-refractivity contribution in [1.82, 2.24) is 4.98 Å². The molecule has 0 aliphatic rings. The van der Waals surface area contributed by atoms with E-state index in [0.717, 1.165) is 33.5 Å². The molecular formula is C25H16Cl2N2O2. The van der Waals surface area contributed by atoms with E-state index in [0.29, 0.717) is 27.5 Å². The van der Waals surface area contributed by atoms with E-state index in [2.05, 4.69) is 9.98 Å². The SMILES string of the molecule is Cc1ccc2nc(-c3cccc(N=Cc4ccc(-c5ccc(Cl)c(Cl)c5)o4)c3)oc2c1. The number of benzene rings is 3. The number of hydrogen-bond acceptors (Lipinski definition) is 4. The zero-order valence-electron chi connectivity index (χ0n) is 16.5. The first-order valence-corrected chi connectivity index (χ1v) is 10.4. The third kappa shape index (κ3) is 4.13. The van der Waals surface area contributed by atoms with Gasteiger partial charge in [-0.05, 0) is 73.2 Å². The molecule has 2 heterocycles. The van der Waals surface area contributed by atoms with Crippen molar-refractivity contribution in [2.45, 2.75) is 6.92 Å². The van der Waals surface area contributed by atoms with Gasteiger partial charge in [0.2, 0.25) is 5.89 Å². The van der Waals surface area contributed by atoms with Crippen molar-refractivity contribution >= 4 is 46.2 Å². The van der Waals surface area contributed by atoms with E-state index < -0.39 is 0 Å². The van der Waals surface area contributed by atoms with Gasteiger partial charge < -0.3 is 8.83 Å². The lowest BCUT2D eigenvalue weighted by molar-refractivity contribution is 0.575. The fourth-order valence-electron chi connectivity index (χ4n) is 3.24. The second-order valence-electron chi connectivity index (χ2n) is 7.13. The molecule has 4 nitrogen and oxygen atoms in total. The van der Waals surface area contributed by atoms with E-state index >= 15 is 0 Å². The Kier molecular flexibility index (Phi) is 5.10. The molecule has 3 aromatic carbocycles. The Labute approximate surface area is 188 Å². The van der Waals surface area contributed by atoms with Crippen LogP contribution in [0.15, 0.2) is 86.6 Å². The van der Waals surface area contributed by atoms with Crippen LogP contribution in [0.5, 0.6) is 0 Å². The van der Waals surface area contributed by atoms with E-state index in [4.69, 9.17) is 32.0 Å². The van der Waals surface area contributed by atoms with Crippen molar-refractivity contribution < 1.29 is 8.83 Å². The van der Waals surface area contributed by atoms with E-state index in [1.807, 2.05) is 67.6 Å². The summed E-state index contributed by atoms with van der Waals surface area (Å²) in [6, 6.07) is 22.8. The van der Waals surface area contributed by atoms with Crippen LogP contribution in [0.3, 0.4) is 0 Å². The van der Waals surface area contributed by atoms with Gasteiger partial charge in [0.1, 0.15) is 17.0 Å². The lowest BCUT2D eigenvalue weighted by Gasteiger charge is -1.99. The van der Waals surface area contributed by atoms with E-state index in [9.17, 15) is 0 Å². The molecule has 0 aliphatic heterocycles. The largest absolute Gasteiger partial charge is 0.455 e. The van der Waals surface area contributed by atoms with Gasteiger partial charge in [0, 0.05) is 11.1 Å². The molecule has 0 unspecified atom stereocenters. The maximum Gasteiger partial charge on any atom is 0.227 e. The number of oxazole rings is 1. The third-order valence-electron chi connectivity index (χ3n) is 4.81. The first-order chi connectivity index (χ1) is 15.0. The summed E-state index contributed by atoms with van der Waals surface area (Å²) in [4.78, 5) is 9.11. The number of nitrogens with zero attached hydrogens (tertiary/aromatic N) is 2. The summed E-state index contributed by atoms with van der Waals surface area (Å²) in [5, 5.41) is 0.990. The lowest BCUT2D eigenvalue weighted by atomic mass is 10.2. The minimum atomic E-state index is 0.483. The Bertz CT molecular complexity index is 1430. The van der Waals surface area contributed by atoms with Crippen molar-refractivity contribution in [3.05, 3.63) is 94.2 Å². The van der Waals surface area contributed by atoms with Gasteiger partial charge in [0.25, 0.3) is 0 Å². The fraction of sp³-hybridized carbons (Fsp3) is 0.0400. The lowest BCUT2D eigenvalue weighted by Crippen LogP contribution is -1.78. The minimum Gasteiger partial charge on any atom is -0.455 e. The number of furan rings is 1. The van der Waals surface area contributed by atoms with Crippen molar-refractivity contribution in [3.8, 4) is 22.8 Å². The van der Waals surface area contributed by atoms with Gasteiger partial charge in [-0.25, -0.2) is 4.98 Å². The average molecular weight is 447 g/mol. The highest BCUT2D eigenvalue weighted by Crippen LogP contribution is 2.30. The molecule has 0 bridgehead atoms. The predicted molar refractivity (Wildman–Crippen MR) is 126 cm³/mol. The highest BCUT2D eigenvalue weighted by atomic mass is 35.5. The number of aryl methyl sites for hydroxylation is 1. The molecule has 0 aliphatic carbocycles. The predicted octanol–water partition coefficient (Wildman–Crippen LogP) is 8.12. The molecule has 2 aromatic heterocycles. The molecule has 0 amide bonds. The van der Waals surface area contributed by atoms with E-state index in [-0.39, 0.29) is 0 Å². The molecule has 31 heavy (non-hydrogen) atoms. The molecule has 0 spiro atoms. The Morgan fingerprint density at radius 3 is 2.61 bits per heavy atom. The molecule has 5 aromatic rings. The van der Waals surface area contributed by atoms with Crippen LogP contribution in [0, 0.1) is 6.92 Å². The molecule has 6 heteroatoms. The normalized spacial score (nSPS) is 11.6. The zero-order chi connectivity index (χ0) is 21.4. The number of aromatic nitrogens is 1.